The topological polar surface area (TPSA) is 30.9 Å². The first-order chi connectivity index (χ1) is 10.3. The van der Waals surface area contributed by atoms with Crippen molar-refractivity contribution in [2.45, 2.75) is 31.3 Å². The maximum atomic E-state index is 6.06. The number of benzene rings is 1. The second kappa shape index (κ2) is 6.67. The number of hydrogen-bond acceptors (Lipinski definition) is 4. The zero-order valence-corrected chi connectivity index (χ0v) is 12.8. The van der Waals surface area contributed by atoms with E-state index < -0.39 is 0 Å². The van der Waals surface area contributed by atoms with Gasteiger partial charge < -0.3 is 14.2 Å². The molecule has 0 aromatic heterocycles. The second-order valence-electron chi connectivity index (χ2n) is 6.01. The van der Waals surface area contributed by atoms with E-state index in [1.807, 2.05) is 24.3 Å². The van der Waals surface area contributed by atoms with E-state index in [9.17, 15) is 0 Å². The average molecular weight is 291 g/mol. The molecule has 1 aliphatic carbocycles. The molecule has 0 atom stereocenters. The van der Waals surface area contributed by atoms with E-state index in [-0.39, 0.29) is 5.60 Å². The molecule has 0 bridgehead atoms. The summed E-state index contributed by atoms with van der Waals surface area (Å²) in [5.41, 5.74) is 0.142. The van der Waals surface area contributed by atoms with Crippen LogP contribution in [0.15, 0.2) is 24.3 Å². The summed E-state index contributed by atoms with van der Waals surface area (Å²) in [6, 6.07) is 7.81. The normalized spacial score (nSPS) is 21.6. The number of nitrogens with zero attached hydrogens (tertiary/aromatic N) is 1. The number of hydrogen-bond donors (Lipinski definition) is 0. The van der Waals surface area contributed by atoms with Crippen LogP contribution in [0.1, 0.15) is 25.7 Å². The Hall–Kier alpha value is -1.26. The number of ether oxygens (including phenoxy) is 3. The van der Waals surface area contributed by atoms with E-state index in [2.05, 4.69) is 4.90 Å². The maximum absolute atomic E-state index is 6.06. The van der Waals surface area contributed by atoms with Crippen molar-refractivity contribution in [1.82, 2.24) is 4.90 Å². The standard InChI is InChI=1S/C17H25NO3/c1-19-15-6-2-3-7-16(15)20-12-10-18-11-13-21-17(14-18)8-4-5-9-17/h2-3,6-7H,4-5,8-14H2,1H3. The summed E-state index contributed by atoms with van der Waals surface area (Å²) in [5.74, 6) is 1.62. The molecule has 0 unspecified atom stereocenters. The maximum Gasteiger partial charge on any atom is 0.161 e. The monoisotopic (exact) mass is 291 g/mol. The van der Waals surface area contributed by atoms with E-state index >= 15 is 0 Å². The predicted molar refractivity (Wildman–Crippen MR) is 82.1 cm³/mol. The highest BCUT2D eigenvalue weighted by Gasteiger charge is 2.38. The third-order valence-electron chi connectivity index (χ3n) is 4.58. The van der Waals surface area contributed by atoms with Crippen LogP contribution in [0.4, 0.5) is 0 Å². The van der Waals surface area contributed by atoms with Crippen LogP contribution in [0.2, 0.25) is 0 Å². The lowest BCUT2D eigenvalue weighted by Gasteiger charge is -2.40. The summed E-state index contributed by atoms with van der Waals surface area (Å²) in [4.78, 5) is 2.48. The van der Waals surface area contributed by atoms with Gasteiger partial charge in [-0.1, -0.05) is 25.0 Å². The van der Waals surface area contributed by atoms with E-state index in [1.165, 1.54) is 25.7 Å². The number of methoxy groups -OCH3 is 1. The van der Waals surface area contributed by atoms with Gasteiger partial charge in [-0.15, -0.1) is 0 Å². The van der Waals surface area contributed by atoms with Crippen LogP contribution in [0.3, 0.4) is 0 Å². The molecule has 3 rings (SSSR count). The molecule has 4 heteroatoms. The van der Waals surface area contributed by atoms with Gasteiger partial charge in [-0.05, 0) is 25.0 Å². The zero-order chi connectivity index (χ0) is 14.5. The second-order valence-corrected chi connectivity index (χ2v) is 6.01. The van der Waals surface area contributed by atoms with Crippen molar-refractivity contribution >= 4 is 0 Å². The zero-order valence-electron chi connectivity index (χ0n) is 12.8. The fraction of sp³-hybridized carbons (Fsp3) is 0.647. The molecule has 0 amide bonds. The largest absolute Gasteiger partial charge is 0.493 e. The highest BCUT2D eigenvalue weighted by Crippen LogP contribution is 2.35. The van der Waals surface area contributed by atoms with Crippen LogP contribution in [-0.2, 0) is 4.74 Å². The van der Waals surface area contributed by atoms with Gasteiger partial charge in [-0.25, -0.2) is 0 Å². The summed E-state index contributed by atoms with van der Waals surface area (Å²) < 4.78 is 17.2. The fourth-order valence-corrected chi connectivity index (χ4v) is 3.46. The average Bonchev–Trinajstić information content (AvgIpc) is 2.95. The minimum Gasteiger partial charge on any atom is -0.493 e. The first-order valence-electron chi connectivity index (χ1n) is 7.93. The van der Waals surface area contributed by atoms with Crippen LogP contribution < -0.4 is 9.47 Å². The van der Waals surface area contributed by atoms with Gasteiger partial charge in [-0.2, -0.15) is 0 Å². The van der Waals surface area contributed by atoms with Crippen molar-refractivity contribution in [3.05, 3.63) is 24.3 Å². The third-order valence-corrected chi connectivity index (χ3v) is 4.58. The van der Waals surface area contributed by atoms with Gasteiger partial charge >= 0.3 is 0 Å². The van der Waals surface area contributed by atoms with Crippen molar-refractivity contribution in [2.75, 3.05) is 40.0 Å². The van der Waals surface area contributed by atoms with Crippen molar-refractivity contribution in [1.29, 1.82) is 0 Å². The van der Waals surface area contributed by atoms with Crippen LogP contribution in [0.25, 0.3) is 0 Å². The van der Waals surface area contributed by atoms with Crippen LogP contribution in [0, 0.1) is 0 Å². The van der Waals surface area contributed by atoms with E-state index in [4.69, 9.17) is 14.2 Å². The van der Waals surface area contributed by atoms with Gasteiger partial charge in [0.15, 0.2) is 11.5 Å². The lowest BCUT2D eigenvalue weighted by molar-refractivity contribution is -0.106. The lowest BCUT2D eigenvalue weighted by atomic mass is 10.00. The highest BCUT2D eigenvalue weighted by atomic mass is 16.5. The smallest absolute Gasteiger partial charge is 0.161 e. The van der Waals surface area contributed by atoms with Gasteiger partial charge in [-0.3, -0.25) is 4.90 Å². The Labute approximate surface area is 127 Å². The van der Waals surface area contributed by atoms with Crippen molar-refractivity contribution in [2.24, 2.45) is 0 Å². The molecule has 0 radical (unpaired) electrons. The Morgan fingerprint density at radius 2 is 1.95 bits per heavy atom. The Morgan fingerprint density at radius 3 is 2.71 bits per heavy atom. The molecule has 1 spiro atoms. The molecule has 1 aromatic carbocycles. The molecule has 1 saturated heterocycles. The number of morpholine rings is 1. The van der Waals surface area contributed by atoms with Gasteiger partial charge in [0.1, 0.15) is 6.61 Å². The first-order valence-corrected chi connectivity index (χ1v) is 7.93. The summed E-state index contributed by atoms with van der Waals surface area (Å²) in [5, 5.41) is 0. The van der Waals surface area contributed by atoms with E-state index in [0.717, 1.165) is 37.7 Å². The molecule has 1 aliphatic heterocycles. The number of para-hydroxylation sites is 2. The van der Waals surface area contributed by atoms with Gasteiger partial charge in [0.25, 0.3) is 0 Å². The highest BCUT2D eigenvalue weighted by molar-refractivity contribution is 5.39. The van der Waals surface area contributed by atoms with E-state index in [0.29, 0.717) is 6.61 Å². The summed E-state index contributed by atoms with van der Waals surface area (Å²) in [6.45, 7) is 4.56. The lowest BCUT2D eigenvalue weighted by Crippen LogP contribution is -2.51. The molecular weight excluding hydrogens is 266 g/mol. The van der Waals surface area contributed by atoms with Gasteiger partial charge in [0, 0.05) is 19.6 Å². The molecule has 1 heterocycles. The Balaban J connectivity index is 1.49. The molecule has 0 N–H and O–H groups in total. The van der Waals surface area contributed by atoms with Crippen molar-refractivity contribution in [3.8, 4) is 11.5 Å². The van der Waals surface area contributed by atoms with Gasteiger partial charge in [0.05, 0.1) is 19.3 Å². The minimum absolute atomic E-state index is 0.142. The molecule has 2 aliphatic rings. The van der Waals surface area contributed by atoms with Crippen molar-refractivity contribution < 1.29 is 14.2 Å². The molecular formula is C17H25NO3. The predicted octanol–water partition coefficient (Wildman–Crippen LogP) is 2.72. The Bertz CT molecular complexity index is 457. The summed E-state index contributed by atoms with van der Waals surface area (Å²) in [6.07, 6.45) is 5.06. The first kappa shape index (κ1) is 14.7. The van der Waals surface area contributed by atoms with Crippen LogP contribution >= 0.6 is 0 Å². The molecule has 21 heavy (non-hydrogen) atoms. The quantitative estimate of drug-likeness (QED) is 0.834. The van der Waals surface area contributed by atoms with E-state index in [1.54, 1.807) is 7.11 Å². The summed E-state index contributed by atoms with van der Waals surface area (Å²) >= 11 is 0. The van der Waals surface area contributed by atoms with Crippen LogP contribution in [-0.4, -0.2) is 50.5 Å². The molecule has 116 valence electrons. The molecule has 1 saturated carbocycles. The Morgan fingerprint density at radius 1 is 1.19 bits per heavy atom. The third kappa shape index (κ3) is 3.50. The molecule has 4 nitrogen and oxygen atoms in total. The minimum atomic E-state index is 0.142. The van der Waals surface area contributed by atoms with Crippen LogP contribution in [0.5, 0.6) is 11.5 Å². The van der Waals surface area contributed by atoms with Crippen molar-refractivity contribution in [3.63, 3.8) is 0 Å². The van der Waals surface area contributed by atoms with Gasteiger partial charge in [0.2, 0.25) is 0 Å². The molecule has 1 aromatic rings. The summed E-state index contributed by atoms with van der Waals surface area (Å²) in [7, 11) is 1.67. The SMILES string of the molecule is COc1ccccc1OCCN1CCOC2(CCCC2)C1. The molecule has 2 fully saturated rings. The number of rotatable bonds is 5. The Kier molecular flexibility index (Phi) is 4.66. The fourth-order valence-electron chi connectivity index (χ4n) is 3.46.